The van der Waals surface area contributed by atoms with Crippen molar-refractivity contribution in [1.29, 1.82) is 0 Å². The molecule has 1 aliphatic heterocycles. The van der Waals surface area contributed by atoms with Crippen LogP contribution in [0.5, 0.6) is 5.75 Å². The summed E-state index contributed by atoms with van der Waals surface area (Å²) in [6, 6.07) is 9.76. The molecule has 2 aromatic carbocycles. The van der Waals surface area contributed by atoms with Gasteiger partial charge >= 0.3 is 0 Å². The number of ether oxygens (including phenoxy) is 1. The average molecular weight is 448 g/mol. The molecule has 5 rings (SSSR count). The smallest absolute Gasteiger partial charge is 0.261 e. The molecule has 1 amide bonds. The van der Waals surface area contributed by atoms with Gasteiger partial charge in [0.15, 0.2) is 6.61 Å². The Morgan fingerprint density at radius 2 is 2.06 bits per heavy atom. The fourth-order valence-corrected chi connectivity index (χ4v) is 4.38. The number of fused-ring (bicyclic) bond motifs is 3. The molecule has 8 heteroatoms. The monoisotopic (exact) mass is 448 g/mol. The van der Waals surface area contributed by atoms with Crippen LogP contribution in [0.15, 0.2) is 47.4 Å². The van der Waals surface area contributed by atoms with Crippen molar-refractivity contribution in [3.05, 3.63) is 70.2 Å². The van der Waals surface area contributed by atoms with Gasteiger partial charge in [0, 0.05) is 36.6 Å². The van der Waals surface area contributed by atoms with Crippen LogP contribution in [0.4, 0.5) is 4.39 Å². The van der Waals surface area contributed by atoms with Crippen LogP contribution < -0.4 is 15.6 Å². The topological polar surface area (TPSA) is 89.0 Å². The van der Waals surface area contributed by atoms with E-state index in [-0.39, 0.29) is 23.9 Å². The van der Waals surface area contributed by atoms with E-state index in [9.17, 15) is 14.0 Å². The molecule has 0 aliphatic carbocycles. The van der Waals surface area contributed by atoms with E-state index in [4.69, 9.17) is 4.74 Å². The molecule has 0 fully saturated rings. The molecular formula is C25H25FN4O3. The Kier molecular flexibility index (Phi) is 5.81. The van der Waals surface area contributed by atoms with Crippen molar-refractivity contribution in [1.82, 2.24) is 19.9 Å². The molecule has 0 saturated carbocycles. The van der Waals surface area contributed by atoms with Gasteiger partial charge < -0.3 is 15.0 Å². The highest BCUT2D eigenvalue weighted by molar-refractivity contribution is 5.83. The van der Waals surface area contributed by atoms with E-state index in [1.54, 1.807) is 28.8 Å². The van der Waals surface area contributed by atoms with E-state index >= 15 is 0 Å². The van der Waals surface area contributed by atoms with Crippen LogP contribution in [0, 0.1) is 5.82 Å². The van der Waals surface area contributed by atoms with E-state index < -0.39 is 0 Å². The number of amides is 1. The molecule has 0 radical (unpaired) electrons. The molecule has 7 nitrogen and oxygen atoms in total. The van der Waals surface area contributed by atoms with Crippen LogP contribution in [0.25, 0.3) is 21.8 Å². The maximum Gasteiger partial charge on any atom is 0.261 e. The number of H-pyrrole nitrogens is 1. The predicted molar refractivity (Wildman–Crippen MR) is 124 cm³/mol. The van der Waals surface area contributed by atoms with Crippen LogP contribution in [-0.2, 0) is 24.2 Å². The number of aromatic nitrogens is 3. The Labute approximate surface area is 189 Å². The zero-order valence-electron chi connectivity index (χ0n) is 18.2. The highest BCUT2D eigenvalue weighted by atomic mass is 19.1. The molecule has 0 unspecified atom stereocenters. The molecule has 0 atom stereocenters. The third-order valence-electron chi connectivity index (χ3n) is 6.10. The molecule has 1 aliphatic rings. The summed E-state index contributed by atoms with van der Waals surface area (Å²) in [5.74, 6) is 0.744. The highest BCUT2D eigenvalue weighted by Gasteiger charge is 2.14. The number of hydrogen-bond donors (Lipinski definition) is 2. The van der Waals surface area contributed by atoms with Gasteiger partial charge in [0.05, 0.1) is 10.9 Å². The number of rotatable bonds is 6. The van der Waals surface area contributed by atoms with Gasteiger partial charge in [-0.3, -0.25) is 14.2 Å². The van der Waals surface area contributed by atoms with Crippen LogP contribution in [0.1, 0.15) is 30.7 Å². The lowest BCUT2D eigenvalue weighted by Crippen LogP contribution is -2.30. The molecule has 33 heavy (non-hydrogen) atoms. The van der Waals surface area contributed by atoms with Crippen LogP contribution in [0.2, 0.25) is 0 Å². The number of benzene rings is 2. The zero-order valence-corrected chi connectivity index (χ0v) is 18.2. The van der Waals surface area contributed by atoms with Gasteiger partial charge in [-0.15, -0.1) is 0 Å². The van der Waals surface area contributed by atoms with Gasteiger partial charge in [0.25, 0.3) is 11.5 Å². The minimum Gasteiger partial charge on any atom is -0.484 e. The first-order valence-electron chi connectivity index (χ1n) is 11.3. The van der Waals surface area contributed by atoms with Gasteiger partial charge in [0.1, 0.15) is 17.4 Å². The van der Waals surface area contributed by atoms with Crippen LogP contribution in [0.3, 0.4) is 0 Å². The largest absolute Gasteiger partial charge is 0.484 e. The van der Waals surface area contributed by atoms with Gasteiger partial charge in [-0.25, -0.2) is 9.37 Å². The molecule has 3 heterocycles. The molecule has 0 saturated heterocycles. The number of hydrogen-bond acceptors (Lipinski definition) is 4. The SMILES string of the molecule is O=C(COc1ccc2nc3n(c(=O)c2c1)CCCCC3)NCCc1c[nH]c2ccc(F)cc12. The second-order valence-corrected chi connectivity index (χ2v) is 8.37. The Bertz CT molecular complexity index is 1390. The fraction of sp³-hybridized carbons (Fsp3) is 0.320. The molecule has 0 bridgehead atoms. The lowest BCUT2D eigenvalue weighted by molar-refractivity contribution is -0.123. The summed E-state index contributed by atoms with van der Waals surface area (Å²) in [5, 5.41) is 4.14. The van der Waals surface area contributed by atoms with Crippen molar-refractivity contribution < 1.29 is 13.9 Å². The Hall–Kier alpha value is -3.68. The summed E-state index contributed by atoms with van der Waals surface area (Å²) < 4.78 is 20.9. The first-order chi connectivity index (χ1) is 16.1. The second kappa shape index (κ2) is 9.05. The van der Waals surface area contributed by atoms with Crippen molar-refractivity contribution in [2.75, 3.05) is 13.2 Å². The van der Waals surface area contributed by atoms with E-state index in [2.05, 4.69) is 15.3 Å². The standard InChI is InChI=1S/C25H25FN4O3/c26-17-5-7-21-19(12-17)16(14-28-21)9-10-27-24(31)15-33-18-6-8-22-20(13-18)25(32)30-11-3-1-2-4-23(30)29-22/h5-8,12-14,28H,1-4,9-11,15H2,(H,27,31). The number of carbonyl (C=O) groups excluding carboxylic acids is 1. The van der Waals surface area contributed by atoms with Crippen LogP contribution >= 0.6 is 0 Å². The molecular weight excluding hydrogens is 423 g/mol. The van der Waals surface area contributed by atoms with Crippen molar-refractivity contribution in [3.63, 3.8) is 0 Å². The van der Waals surface area contributed by atoms with Gasteiger partial charge in [-0.1, -0.05) is 6.42 Å². The summed E-state index contributed by atoms with van der Waals surface area (Å²) in [7, 11) is 0. The Balaban J connectivity index is 1.20. The number of halogens is 1. The minimum absolute atomic E-state index is 0.0537. The Morgan fingerprint density at radius 1 is 1.15 bits per heavy atom. The number of nitrogens with one attached hydrogen (secondary N) is 2. The lowest BCUT2D eigenvalue weighted by atomic mass is 10.1. The lowest BCUT2D eigenvalue weighted by Gasteiger charge is -2.11. The first-order valence-corrected chi connectivity index (χ1v) is 11.3. The van der Waals surface area contributed by atoms with Crippen molar-refractivity contribution in [2.24, 2.45) is 0 Å². The average Bonchev–Trinajstić information content (AvgIpc) is 3.05. The van der Waals surface area contributed by atoms with E-state index in [0.717, 1.165) is 48.0 Å². The number of aryl methyl sites for hydroxylation is 1. The van der Waals surface area contributed by atoms with E-state index in [1.165, 1.54) is 12.1 Å². The summed E-state index contributed by atoms with van der Waals surface area (Å²) >= 11 is 0. The maximum atomic E-state index is 13.5. The second-order valence-electron chi connectivity index (χ2n) is 8.37. The number of carbonyl (C=O) groups is 1. The third-order valence-corrected chi connectivity index (χ3v) is 6.10. The van der Waals surface area contributed by atoms with Crippen molar-refractivity contribution in [3.8, 4) is 5.75 Å². The molecule has 2 N–H and O–H groups in total. The molecule has 0 spiro atoms. The molecule has 4 aromatic rings. The summed E-state index contributed by atoms with van der Waals surface area (Å²) in [6.07, 6.45) is 6.33. The van der Waals surface area contributed by atoms with E-state index in [0.29, 0.717) is 36.2 Å². The normalized spacial score (nSPS) is 13.6. The van der Waals surface area contributed by atoms with Gasteiger partial charge in [0.2, 0.25) is 0 Å². The maximum absolute atomic E-state index is 13.5. The highest BCUT2D eigenvalue weighted by Crippen LogP contribution is 2.21. The minimum atomic E-state index is -0.290. The third kappa shape index (κ3) is 4.46. The fourth-order valence-electron chi connectivity index (χ4n) is 4.38. The first kappa shape index (κ1) is 21.2. The Morgan fingerprint density at radius 3 is 2.97 bits per heavy atom. The quantitative estimate of drug-likeness (QED) is 0.473. The van der Waals surface area contributed by atoms with E-state index in [1.807, 2.05) is 6.20 Å². The van der Waals surface area contributed by atoms with Gasteiger partial charge in [-0.2, -0.15) is 0 Å². The van der Waals surface area contributed by atoms with Crippen molar-refractivity contribution in [2.45, 2.75) is 38.6 Å². The number of nitrogens with zero attached hydrogens (tertiary/aromatic N) is 2. The molecule has 170 valence electrons. The zero-order chi connectivity index (χ0) is 22.8. The van der Waals surface area contributed by atoms with Crippen LogP contribution in [-0.4, -0.2) is 33.6 Å². The molecule has 2 aromatic heterocycles. The predicted octanol–water partition coefficient (Wildman–Crippen LogP) is 3.48. The number of aromatic amines is 1. The van der Waals surface area contributed by atoms with Gasteiger partial charge in [-0.05, 0) is 61.2 Å². The summed E-state index contributed by atoms with van der Waals surface area (Å²) in [6.45, 7) is 0.933. The van der Waals surface area contributed by atoms with Crippen molar-refractivity contribution >= 4 is 27.7 Å². The summed E-state index contributed by atoms with van der Waals surface area (Å²) in [5.41, 5.74) is 2.40. The summed E-state index contributed by atoms with van der Waals surface area (Å²) in [4.78, 5) is 33.0.